The van der Waals surface area contributed by atoms with Crippen molar-refractivity contribution < 1.29 is 88.0 Å². The van der Waals surface area contributed by atoms with Gasteiger partial charge in [0.15, 0.2) is 39.6 Å². The SMILES string of the molecule is CC(C)(C)[Si](C)(C)OC1C(CO)OC(O[C@@H]2C(CO)O[C@H](OC3C(CO)OC(O[C@@H]4C(CO)O[C@H](O)[C@@H](N)C4OC(=O)c4ccccc4)[C@H](N)[C@H]3O)[C@@H](N)C2O)[C@H](N)[C@H]1O. The maximum atomic E-state index is 13.0. The molecular weight excluding hydrogens is 817 g/mol. The average Bonchev–Trinajstić information content (AvgIpc) is 3.21. The van der Waals surface area contributed by atoms with E-state index in [-0.39, 0.29) is 10.6 Å². The molecule has 4 fully saturated rings. The first-order valence-corrected chi connectivity index (χ1v) is 22.8. The molecule has 16 N–H and O–H groups in total. The minimum absolute atomic E-state index is 0.154. The Morgan fingerprint density at radius 2 is 0.983 bits per heavy atom. The fraction of sp³-hybridized carbons (Fsp3) is 0.811. The van der Waals surface area contributed by atoms with Crippen LogP contribution in [0.4, 0.5) is 0 Å². The minimum atomic E-state index is -2.48. The zero-order valence-electron chi connectivity index (χ0n) is 34.2. The van der Waals surface area contributed by atoms with Gasteiger partial charge in [0.25, 0.3) is 0 Å². The molecule has 5 rings (SSSR count). The van der Waals surface area contributed by atoms with E-state index in [4.69, 9.17) is 65.3 Å². The monoisotopic (exact) mass is 880 g/mol. The van der Waals surface area contributed by atoms with Gasteiger partial charge in [-0.25, -0.2) is 4.79 Å². The highest BCUT2D eigenvalue weighted by Crippen LogP contribution is 2.40. The van der Waals surface area contributed by atoms with Crippen molar-refractivity contribution in [3.05, 3.63) is 35.9 Å². The van der Waals surface area contributed by atoms with E-state index in [1.54, 1.807) is 18.2 Å². The molecule has 20 atom stereocenters. The van der Waals surface area contributed by atoms with Crippen LogP contribution < -0.4 is 22.9 Å². The van der Waals surface area contributed by atoms with E-state index in [2.05, 4.69) is 0 Å². The van der Waals surface area contributed by atoms with E-state index in [0.29, 0.717) is 0 Å². The minimum Gasteiger partial charge on any atom is -0.454 e. The van der Waals surface area contributed by atoms with E-state index < -0.39 is 163 Å². The van der Waals surface area contributed by atoms with Crippen LogP contribution in [0, 0.1) is 0 Å². The van der Waals surface area contributed by atoms with Gasteiger partial charge >= 0.3 is 5.97 Å². The van der Waals surface area contributed by atoms with Gasteiger partial charge < -0.3 is 106 Å². The van der Waals surface area contributed by atoms with Crippen molar-refractivity contribution in [1.29, 1.82) is 0 Å². The van der Waals surface area contributed by atoms with Crippen LogP contribution in [0.25, 0.3) is 0 Å². The maximum Gasteiger partial charge on any atom is 0.338 e. The van der Waals surface area contributed by atoms with Gasteiger partial charge in [0.1, 0.15) is 67.1 Å². The van der Waals surface area contributed by atoms with Crippen LogP contribution in [0.1, 0.15) is 31.1 Å². The predicted octanol–water partition coefficient (Wildman–Crippen LogP) is -4.99. The summed E-state index contributed by atoms with van der Waals surface area (Å²) in [5, 5.41) is 85.5. The number of aliphatic hydroxyl groups is 8. The number of rotatable bonds is 14. The normalized spacial score (nSPS) is 43.1. The number of aliphatic hydroxyl groups excluding tert-OH is 8. The van der Waals surface area contributed by atoms with Gasteiger partial charge in [0.2, 0.25) is 0 Å². The molecule has 4 heterocycles. The Bertz CT molecular complexity index is 1510. The van der Waals surface area contributed by atoms with Crippen molar-refractivity contribution >= 4 is 14.3 Å². The van der Waals surface area contributed by atoms with Crippen LogP contribution in [-0.4, -0.2) is 204 Å². The molecule has 344 valence electrons. The van der Waals surface area contributed by atoms with Gasteiger partial charge in [-0.05, 0) is 30.3 Å². The molecule has 1 aromatic rings. The lowest BCUT2D eigenvalue weighted by Crippen LogP contribution is -2.70. The third kappa shape index (κ3) is 10.4. The van der Waals surface area contributed by atoms with Gasteiger partial charge in [0.05, 0.1) is 56.2 Å². The van der Waals surface area contributed by atoms with Gasteiger partial charge in [-0.15, -0.1) is 0 Å². The molecule has 0 amide bonds. The molecular formula is C37H64N4O18Si. The number of ether oxygens (including phenoxy) is 8. The molecule has 0 radical (unpaired) electrons. The second kappa shape index (κ2) is 20.3. The number of hydrogen-bond donors (Lipinski definition) is 12. The summed E-state index contributed by atoms with van der Waals surface area (Å²) in [4.78, 5) is 13.0. The molecule has 0 saturated carbocycles. The van der Waals surface area contributed by atoms with Crippen LogP contribution in [-0.2, 0) is 42.3 Å². The second-order valence-electron chi connectivity index (χ2n) is 17.1. The molecule has 23 heteroatoms. The Hall–Kier alpha value is -1.89. The summed E-state index contributed by atoms with van der Waals surface area (Å²) in [5.41, 5.74) is 25.5. The number of carbonyl (C=O) groups is 1. The molecule has 60 heavy (non-hydrogen) atoms. The third-order valence-corrected chi connectivity index (χ3v) is 16.4. The highest BCUT2D eigenvalue weighted by atomic mass is 28.4. The lowest BCUT2D eigenvalue weighted by molar-refractivity contribution is -0.358. The van der Waals surface area contributed by atoms with Crippen molar-refractivity contribution in [2.24, 2.45) is 22.9 Å². The van der Waals surface area contributed by atoms with E-state index in [0.717, 1.165) is 0 Å². The summed E-state index contributed by atoms with van der Waals surface area (Å²) in [6.07, 6.45) is -22.9. The van der Waals surface area contributed by atoms with E-state index in [1.165, 1.54) is 12.1 Å². The van der Waals surface area contributed by atoms with Gasteiger partial charge in [0, 0.05) is 0 Å². The summed E-state index contributed by atoms with van der Waals surface area (Å²) >= 11 is 0. The summed E-state index contributed by atoms with van der Waals surface area (Å²) in [6.45, 7) is 7.11. The number of hydrogen-bond acceptors (Lipinski definition) is 22. The van der Waals surface area contributed by atoms with Crippen molar-refractivity contribution in [3.8, 4) is 0 Å². The fourth-order valence-electron chi connectivity index (χ4n) is 7.26. The zero-order chi connectivity index (χ0) is 44.4. The fourth-order valence-corrected chi connectivity index (χ4v) is 8.58. The molecule has 0 aromatic heterocycles. The van der Waals surface area contributed by atoms with E-state index in [9.17, 15) is 45.6 Å². The zero-order valence-corrected chi connectivity index (χ0v) is 35.2. The smallest absolute Gasteiger partial charge is 0.338 e. The summed E-state index contributed by atoms with van der Waals surface area (Å²) in [6, 6.07) is 2.35. The first kappa shape index (κ1) is 49.1. The number of carbonyl (C=O) groups excluding carboxylic acids is 1. The Balaban J connectivity index is 1.26. The van der Waals surface area contributed by atoms with Gasteiger partial charge in [-0.2, -0.15) is 0 Å². The Morgan fingerprint density at radius 1 is 0.600 bits per heavy atom. The number of esters is 1. The van der Waals surface area contributed by atoms with Crippen LogP contribution in [0.5, 0.6) is 0 Å². The molecule has 22 nitrogen and oxygen atoms in total. The van der Waals surface area contributed by atoms with Crippen molar-refractivity contribution in [1.82, 2.24) is 0 Å². The van der Waals surface area contributed by atoms with Gasteiger partial charge in [-0.1, -0.05) is 39.0 Å². The average molecular weight is 881 g/mol. The molecule has 4 aliphatic rings. The standard InChI is InChI=1S/C37H64N4O18Si/c1-37(2,3)60(4,5)59-29-18(13-44)54-35(22(40)26(29)48)57-27-16(11-42)52-34(20(38)24(27)46)56-28-17(12-43)53-36(21(39)25(28)47)58-30-19(14-45)51-33(50)23(41)31(30)55-32(49)15-9-7-6-8-10-15/h6-10,16-31,33-36,42-48,50H,11-14,38-41H2,1-5H3/t16?,17?,18?,19?,20-,21+,22+,23-,24?,25+,26+,27+,28?,29?,30+,31?,33-,34+,35?,36?/m0/s1. The molecule has 1 aromatic carbocycles. The largest absolute Gasteiger partial charge is 0.454 e. The first-order chi connectivity index (χ1) is 28.2. The van der Waals surface area contributed by atoms with Crippen molar-refractivity contribution in [2.45, 2.75) is 161 Å². The Morgan fingerprint density at radius 3 is 1.40 bits per heavy atom. The highest BCUT2D eigenvalue weighted by molar-refractivity contribution is 6.74. The number of nitrogens with two attached hydrogens (primary N) is 4. The van der Waals surface area contributed by atoms with Crippen molar-refractivity contribution in [2.75, 3.05) is 26.4 Å². The maximum absolute atomic E-state index is 13.0. The van der Waals surface area contributed by atoms with Crippen LogP contribution >= 0.6 is 0 Å². The summed E-state index contributed by atoms with van der Waals surface area (Å²) in [7, 11) is -2.48. The van der Waals surface area contributed by atoms with Crippen molar-refractivity contribution in [3.63, 3.8) is 0 Å². The predicted molar refractivity (Wildman–Crippen MR) is 207 cm³/mol. The van der Waals surface area contributed by atoms with E-state index in [1.807, 2.05) is 33.9 Å². The first-order valence-electron chi connectivity index (χ1n) is 19.9. The molecule has 0 aliphatic carbocycles. The molecule has 4 aliphatic heterocycles. The topological polar surface area (TPSA) is 366 Å². The molecule has 10 unspecified atom stereocenters. The Kier molecular flexibility index (Phi) is 16.6. The van der Waals surface area contributed by atoms with E-state index >= 15 is 0 Å². The van der Waals surface area contributed by atoms with Crippen LogP contribution in [0.15, 0.2) is 30.3 Å². The third-order valence-electron chi connectivity index (χ3n) is 12.0. The quantitative estimate of drug-likeness (QED) is 0.0615. The van der Waals surface area contributed by atoms with Crippen LogP contribution in [0.3, 0.4) is 0 Å². The van der Waals surface area contributed by atoms with Gasteiger partial charge in [-0.3, -0.25) is 0 Å². The molecule has 0 spiro atoms. The lowest BCUT2D eigenvalue weighted by atomic mass is 9.94. The number of benzene rings is 1. The lowest BCUT2D eigenvalue weighted by Gasteiger charge is -2.50. The summed E-state index contributed by atoms with van der Waals surface area (Å²) in [5.74, 6) is -0.827. The summed E-state index contributed by atoms with van der Waals surface area (Å²) < 4.78 is 53.3. The second-order valence-corrected chi connectivity index (χ2v) is 21.8. The Labute approximate surface area is 348 Å². The highest BCUT2D eigenvalue weighted by Gasteiger charge is 2.55. The molecule has 0 bridgehead atoms. The molecule has 4 saturated heterocycles. The van der Waals surface area contributed by atoms with Crippen LogP contribution in [0.2, 0.25) is 18.1 Å².